The van der Waals surface area contributed by atoms with Crippen LogP contribution in [0.3, 0.4) is 0 Å². The third-order valence-electron chi connectivity index (χ3n) is 6.28. The molecule has 5 nitrogen and oxygen atoms in total. The summed E-state index contributed by atoms with van der Waals surface area (Å²) in [5, 5.41) is 10.7. The molecule has 2 aliphatic rings. The molecule has 24 heavy (non-hydrogen) atoms. The van der Waals surface area contributed by atoms with Gasteiger partial charge in [0, 0.05) is 17.5 Å². The first kappa shape index (κ1) is 18.4. The molecule has 1 aromatic rings. The Morgan fingerprint density at radius 3 is 2.21 bits per heavy atom. The van der Waals surface area contributed by atoms with Crippen LogP contribution in [-0.2, 0) is 4.74 Å². The number of nitrogens with zero attached hydrogens (tertiary/aromatic N) is 1. The number of fused-ring (bicyclic) bond motifs is 2. The molecule has 2 saturated carbocycles. The molecule has 0 aromatic heterocycles. The van der Waals surface area contributed by atoms with Gasteiger partial charge < -0.3 is 4.74 Å². The first-order valence-electron chi connectivity index (χ1n) is 8.71. The van der Waals surface area contributed by atoms with Gasteiger partial charge in [0.25, 0.3) is 5.69 Å². The van der Waals surface area contributed by atoms with Crippen LogP contribution in [0.15, 0.2) is 24.3 Å². The lowest BCUT2D eigenvalue weighted by Crippen LogP contribution is -2.38. The normalized spacial score (nSPS) is 29.5. The summed E-state index contributed by atoms with van der Waals surface area (Å²) in [5.41, 5.74) is 0.556. The molecular formula is C19H27NO4. The lowest BCUT2D eigenvalue weighted by Gasteiger charge is -2.38. The van der Waals surface area contributed by atoms with Crippen molar-refractivity contribution in [2.24, 2.45) is 16.7 Å². The van der Waals surface area contributed by atoms with Gasteiger partial charge in [-0.15, -0.1) is 0 Å². The van der Waals surface area contributed by atoms with E-state index < -0.39 is 4.92 Å². The van der Waals surface area contributed by atoms with Gasteiger partial charge >= 0.3 is 5.97 Å². The van der Waals surface area contributed by atoms with E-state index in [0.717, 1.165) is 12.8 Å². The standard InChI is InChI=1S/C17H21NO4.C2H6/c1-16(2)12-8-9-17(16,3)14(10-12)22-15(19)11-4-6-13(7-5-11)18(20)21;1-2/h4-7,12,14H,8-10H2,1-3H3;1-2H3. The highest BCUT2D eigenvalue weighted by molar-refractivity contribution is 5.89. The fourth-order valence-electron chi connectivity index (χ4n) is 4.22. The Morgan fingerprint density at radius 2 is 1.79 bits per heavy atom. The van der Waals surface area contributed by atoms with Crippen LogP contribution in [0.25, 0.3) is 0 Å². The summed E-state index contributed by atoms with van der Waals surface area (Å²) >= 11 is 0. The predicted molar refractivity (Wildman–Crippen MR) is 92.9 cm³/mol. The summed E-state index contributed by atoms with van der Waals surface area (Å²) in [4.78, 5) is 22.5. The number of rotatable bonds is 3. The number of non-ortho nitro benzene ring substituents is 1. The van der Waals surface area contributed by atoms with E-state index >= 15 is 0 Å². The summed E-state index contributed by atoms with van der Waals surface area (Å²) in [6, 6.07) is 5.59. The van der Waals surface area contributed by atoms with Gasteiger partial charge in [-0.2, -0.15) is 0 Å². The molecule has 132 valence electrons. The van der Waals surface area contributed by atoms with Crippen molar-refractivity contribution in [1.29, 1.82) is 0 Å². The maximum absolute atomic E-state index is 12.3. The second-order valence-corrected chi connectivity index (χ2v) is 7.31. The number of nitro benzene ring substituents is 1. The second kappa shape index (κ2) is 6.54. The molecule has 0 amide bonds. The van der Waals surface area contributed by atoms with Crippen molar-refractivity contribution < 1.29 is 14.5 Å². The third-order valence-corrected chi connectivity index (χ3v) is 6.28. The Kier molecular flexibility index (Phi) is 5.02. The number of hydrogen-bond acceptors (Lipinski definition) is 4. The SMILES string of the molecule is CC.CC1(C)C2CCC1(C)C(OC(=O)c1ccc([N+](=O)[O-])cc1)C2. The van der Waals surface area contributed by atoms with Crippen molar-refractivity contribution in [2.75, 3.05) is 0 Å². The maximum Gasteiger partial charge on any atom is 0.338 e. The Hall–Kier alpha value is -1.91. The van der Waals surface area contributed by atoms with E-state index in [0.29, 0.717) is 11.5 Å². The summed E-state index contributed by atoms with van der Waals surface area (Å²) in [7, 11) is 0. The summed E-state index contributed by atoms with van der Waals surface area (Å²) in [6.45, 7) is 10.8. The summed E-state index contributed by atoms with van der Waals surface area (Å²) < 4.78 is 5.76. The van der Waals surface area contributed by atoms with Crippen LogP contribution in [0.4, 0.5) is 5.69 Å². The van der Waals surface area contributed by atoms with Gasteiger partial charge in [-0.1, -0.05) is 34.6 Å². The Balaban J connectivity index is 0.00000100. The van der Waals surface area contributed by atoms with Gasteiger partial charge in [0.05, 0.1) is 10.5 Å². The molecule has 2 aliphatic carbocycles. The van der Waals surface area contributed by atoms with Crippen LogP contribution in [0.5, 0.6) is 0 Å². The van der Waals surface area contributed by atoms with Gasteiger partial charge in [-0.25, -0.2) is 4.79 Å². The van der Waals surface area contributed by atoms with Gasteiger partial charge in [0.15, 0.2) is 0 Å². The molecule has 1 aromatic carbocycles. The van der Waals surface area contributed by atoms with Crippen LogP contribution >= 0.6 is 0 Å². The number of ether oxygens (including phenoxy) is 1. The van der Waals surface area contributed by atoms with Crippen molar-refractivity contribution in [1.82, 2.24) is 0 Å². The monoisotopic (exact) mass is 333 g/mol. The molecule has 3 rings (SSSR count). The van der Waals surface area contributed by atoms with E-state index in [1.165, 1.54) is 30.7 Å². The molecular weight excluding hydrogens is 306 g/mol. The Morgan fingerprint density at radius 1 is 1.21 bits per heavy atom. The number of esters is 1. The van der Waals surface area contributed by atoms with Crippen molar-refractivity contribution in [3.63, 3.8) is 0 Å². The third kappa shape index (κ3) is 2.80. The van der Waals surface area contributed by atoms with Crippen LogP contribution in [0, 0.1) is 26.9 Å². The average molecular weight is 333 g/mol. The van der Waals surface area contributed by atoms with Crippen molar-refractivity contribution in [3.05, 3.63) is 39.9 Å². The molecule has 0 spiro atoms. The van der Waals surface area contributed by atoms with Gasteiger partial charge in [0.2, 0.25) is 0 Å². The largest absolute Gasteiger partial charge is 0.458 e. The highest BCUT2D eigenvalue weighted by atomic mass is 16.6. The zero-order chi connectivity index (χ0) is 18.1. The van der Waals surface area contributed by atoms with Gasteiger partial charge in [0.1, 0.15) is 6.10 Å². The van der Waals surface area contributed by atoms with E-state index in [2.05, 4.69) is 20.8 Å². The average Bonchev–Trinajstić information content (AvgIpc) is 2.90. The first-order valence-corrected chi connectivity index (χ1v) is 8.71. The highest BCUT2D eigenvalue weighted by Crippen LogP contribution is 2.66. The smallest absolute Gasteiger partial charge is 0.338 e. The molecule has 3 atom stereocenters. The van der Waals surface area contributed by atoms with Gasteiger partial charge in [-0.05, 0) is 42.7 Å². The van der Waals surface area contributed by atoms with E-state index in [1.807, 2.05) is 13.8 Å². The number of nitro groups is 1. The summed E-state index contributed by atoms with van der Waals surface area (Å²) in [6.07, 6.45) is 3.14. The van der Waals surface area contributed by atoms with E-state index in [-0.39, 0.29) is 28.6 Å². The summed E-state index contributed by atoms with van der Waals surface area (Å²) in [5.74, 6) is 0.219. The van der Waals surface area contributed by atoms with Crippen molar-refractivity contribution in [2.45, 2.75) is 60.0 Å². The number of hydrogen-bond donors (Lipinski definition) is 0. The zero-order valence-corrected chi connectivity index (χ0v) is 15.2. The fourth-order valence-corrected chi connectivity index (χ4v) is 4.22. The van der Waals surface area contributed by atoms with E-state index in [1.54, 1.807) is 0 Å². The maximum atomic E-state index is 12.3. The zero-order valence-electron chi connectivity index (χ0n) is 15.2. The molecule has 0 N–H and O–H groups in total. The Labute approximate surface area is 143 Å². The molecule has 3 unspecified atom stereocenters. The second-order valence-electron chi connectivity index (χ2n) is 7.31. The molecule has 0 radical (unpaired) electrons. The fraction of sp³-hybridized carbons (Fsp3) is 0.632. The molecule has 0 heterocycles. The van der Waals surface area contributed by atoms with Crippen LogP contribution in [-0.4, -0.2) is 17.0 Å². The minimum absolute atomic E-state index is 0.0219. The van der Waals surface area contributed by atoms with Crippen molar-refractivity contribution >= 4 is 11.7 Å². The molecule has 0 aliphatic heterocycles. The van der Waals surface area contributed by atoms with E-state index in [4.69, 9.17) is 4.74 Å². The minimum atomic E-state index is -0.478. The molecule has 0 saturated heterocycles. The minimum Gasteiger partial charge on any atom is -0.458 e. The Bertz CT molecular complexity index is 623. The molecule has 2 fully saturated rings. The first-order chi connectivity index (χ1) is 11.3. The lowest BCUT2D eigenvalue weighted by atomic mass is 9.70. The quantitative estimate of drug-likeness (QED) is 0.444. The molecule has 5 heteroatoms. The van der Waals surface area contributed by atoms with Crippen LogP contribution in [0.1, 0.15) is 64.2 Å². The van der Waals surface area contributed by atoms with Crippen LogP contribution in [0.2, 0.25) is 0 Å². The van der Waals surface area contributed by atoms with Crippen molar-refractivity contribution in [3.8, 4) is 0 Å². The molecule has 2 bridgehead atoms. The number of benzene rings is 1. The number of carbonyl (C=O) groups is 1. The topological polar surface area (TPSA) is 69.4 Å². The van der Waals surface area contributed by atoms with Gasteiger partial charge in [-0.3, -0.25) is 10.1 Å². The van der Waals surface area contributed by atoms with Crippen LogP contribution < -0.4 is 0 Å². The number of carbonyl (C=O) groups excluding carboxylic acids is 1. The predicted octanol–water partition coefficient (Wildman–Crippen LogP) is 4.99. The van der Waals surface area contributed by atoms with E-state index in [9.17, 15) is 14.9 Å². The lowest BCUT2D eigenvalue weighted by molar-refractivity contribution is -0.384. The highest BCUT2D eigenvalue weighted by Gasteiger charge is 2.62.